The topological polar surface area (TPSA) is 47.0 Å². The molecule has 1 fully saturated rings. The fourth-order valence-electron chi connectivity index (χ4n) is 1.70. The Bertz CT molecular complexity index is 364. The van der Waals surface area contributed by atoms with E-state index >= 15 is 0 Å². The van der Waals surface area contributed by atoms with Crippen molar-refractivity contribution in [1.82, 2.24) is 15.3 Å². The summed E-state index contributed by atoms with van der Waals surface area (Å²) in [4.78, 5) is 8.89. The van der Waals surface area contributed by atoms with Gasteiger partial charge in [-0.1, -0.05) is 6.92 Å². The van der Waals surface area contributed by atoms with Crippen LogP contribution in [-0.4, -0.2) is 22.6 Å². The highest BCUT2D eigenvalue weighted by molar-refractivity contribution is 5.10. The molecule has 0 aliphatic heterocycles. The third-order valence-corrected chi connectivity index (χ3v) is 2.68. The Labute approximate surface area is 103 Å². The first-order chi connectivity index (χ1) is 8.28. The highest BCUT2D eigenvalue weighted by atomic mass is 16.5. The standard InChI is InChI=1S/C13H21N3O/c1-3-6-17-9-13-15-10(2)7-12(16-13)8-14-11-4-5-11/h7,11,14H,3-6,8-9H2,1-2H3. The van der Waals surface area contributed by atoms with E-state index in [-0.39, 0.29) is 0 Å². The number of hydrogen-bond donors (Lipinski definition) is 1. The second-order valence-corrected chi connectivity index (χ2v) is 4.62. The molecule has 1 aliphatic rings. The van der Waals surface area contributed by atoms with Gasteiger partial charge in [0.1, 0.15) is 6.61 Å². The first-order valence-electron chi connectivity index (χ1n) is 6.42. The molecule has 4 nitrogen and oxygen atoms in total. The van der Waals surface area contributed by atoms with Crippen molar-refractivity contribution in [3.05, 3.63) is 23.3 Å². The van der Waals surface area contributed by atoms with Crippen LogP contribution in [0.4, 0.5) is 0 Å². The molecule has 94 valence electrons. The highest BCUT2D eigenvalue weighted by Gasteiger charge is 2.20. The van der Waals surface area contributed by atoms with Crippen molar-refractivity contribution in [2.75, 3.05) is 6.61 Å². The average Bonchev–Trinajstić information content (AvgIpc) is 3.10. The summed E-state index contributed by atoms with van der Waals surface area (Å²) >= 11 is 0. The van der Waals surface area contributed by atoms with E-state index in [1.165, 1.54) is 12.8 Å². The quantitative estimate of drug-likeness (QED) is 0.734. The number of aryl methyl sites for hydroxylation is 1. The minimum atomic E-state index is 0.520. The average molecular weight is 235 g/mol. The van der Waals surface area contributed by atoms with Gasteiger partial charge in [0.05, 0.1) is 5.69 Å². The molecule has 1 saturated carbocycles. The van der Waals surface area contributed by atoms with Crippen LogP contribution in [0.25, 0.3) is 0 Å². The van der Waals surface area contributed by atoms with Crippen LogP contribution in [0.2, 0.25) is 0 Å². The lowest BCUT2D eigenvalue weighted by Crippen LogP contribution is -2.17. The smallest absolute Gasteiger partial charge is 0.154 e. The zero-order chi connectivity index (χ0) is 12.1. The summed E-state index contributed by atoms with van der Waals surface area (Å²) in [5.74, 6) is 0.797. The second kappa shape index (κ2) is 6.07. The van der Waals surface area contributed by atoms with E-state index in [0.29, 0.717) is 12.6 Å². The maximum atomic E-state index is 5.47. The predicted molar refractivity (Wildman–Crippen MR) is 66.6 cm³/mol. The van der Waals surface area contributed by atoms with E-state index < -0.39 is 0 Å². The first kappa shape index (κ1) is 12.5. The first-order valence-corrected chi connectivity index (χ1v) is 6.42. The molecule has 0 radical (unpaired) electrons. The largest absolute Gasteiger partial charge is 0.373 e. The molecule has 1 N–H and O–H groups in total. The van der Waals surface area contributed by atoms with Gasteiger partial charge in [0.2, 0.25) is 0 Å². The van der Waals surface area contributed by atoms with Crippen molar-refractivity contribution >= 4 is 0 Å². The molecule has 0 amide bonds. The van der Waals surface area contributed by atoms with Gasteiger partial charge in [-0.15, -0.1) is 0 Å². The van der Waals surface area contributed by atoms with E-state index in [2.05, 4.69) is 22.2 Å². The number of ether oxygens (including phenoxy) is 1. The lowest BCUT2D eigenvalue weighted by atomic mass is 10.3. The van der Waals surface area contributed by atoms with Crippen LogP contribution in [0.15, 0.2) is 6.07 Å². The maximum Gasteiger partial charge on any atom is 0.154 e. The number of nitrogens with zero attached hydrogens (tertiary/aromatic N) is 2. The summed E-state index contributed by atoms with van der Waals surface area (Å²) in [6.07, 6.45) is 3.63. The third kappa shape index (κ3) is 4.40. The van der Waals surface area contributed by atoms with Crippen LogP contribution in [0.3, 0.4) is 0 Å². The SMILES string of the molecule is CCCOCc1nc(C)cc(CNC2CC2)n1. The summed E-state index contributed by atoms with van der Waals surface area (Å²) in [6.45, 7) is 6.24. The van der Waals surface area contributed by atoms with Gasteiger partial charge in [0.25, 0.3) is 0 Å². The summed E-state index contributed by atoms with van der Waals surface area (Å²) in [6, 6.07) is 2.75. The van der Waals surface area contributed by atoms with Crippen LogP contribution < -0.4 is 5.32 Å². The molecule has 0 unspecified atom stereocenters. The lowest BCUT2D eigenvalue weighted by Gasteiger charge is -2.07. The van der Waals surface area contributed by atoms with Crippen LogP contribution in [0.1, 0.15) is 43.4 Å². The molecule has 1 aromatic heterocycles. The van der Waals surface area contributed by atoms with Gasteiger partial charge in [-0.25, -0.2) is 9.97 Å². The van der Waals surface area contributed by atoms with Gasteiger partial charge in [0, 0.05) is 24.9 Å². The van der Waals surface area contributed by atoms with Gasteiger partial charge >= 0.3 is 0 Å². The minimum absolute atomic E-state index is 0.520. The summed E-state index contributed by atoms with van der Waals surface area (Å²) in [5, 5.41) is 3.46. The molecule has 17 heavy (non-hydrogen) atoms. The Morgan fingerprint density at radius 3 is 2.94 bits per heavy atom. The Morgan fingerprint density at radius 1 is 1.41 bits per heavy atom. The number of hydrogen-bond acceptors (Lipinski definition) is 4. The number of nitrogens with one attached hydrogen (secondary N) is 1. The van der Waals surface area contributed by atoms with Crippen molar-refractivity contribution in [1.29, 1.82) is 0 Å². The van der Waals surface area contributed by atoms with E-state index in [1.54, 1.807) is 0 Å². The zero-order valence-corrected chi connectivity index (χ0v) is 10.7. The molecule has 1 aliphatic carbocycles. The van der Waals surface area contributed by atoms with Gasteiger partial charge in [-0.05, 0) is 32.3 Å². The zero-order valence-electron chi connectivity index (χ0n) is 10.7. The van der Waals surface area contributed by atoms with Gasteiger partial charge in [0.15, 0.2) is 5.82 Å². The van der Waals surface area contributed by atoms with Gasteiger partial charge in [-0.2, -0.15) is 0 Å². The van der Waals surface area contributed by atoms with E-state index in [1.807, 2.05) is 13.0 Å². The normalized spacial score (nSPS) is 15.2. The van der Waals surface area contributed by atoms with Crippen LogP contribution in [0.5, 0.6) is 0 Å². The fraction of sp³-hybridized carbons (Fsp3) is 0.692. The molecule has 0 aromatic carbocycles. The van der Waals surface area contributed by atoms with Crippen LogP contribution in [0, 0.1) is 6.92 Å². The lowest BCUT2D eigenvalue weighted by molar-refractivity contribution is 0.115. The van der Waals surface area contributed by atoms with E-state index in [9.17, 15) is 0 Å². The molecule has 1 aromatic rings. The maximum absolute atomic E-state index is 5.47. The monoisotopic (exact) mass is 235 g/mol. The Kier molecular flexibility index (Phi) is 4.45. The van der Waals surface area contributed by atoms with Crippen molar-refractivity contribution in [2.24, 2.45) is 0 Å². The molecule has 0 atom stereocenters. The van der Waals surface area contributed by atoms with Crippen molar-refractivity contribution in [3.8, 4) is 0 Å². The number of aromatic nitrogens is 2. The van der Waals surface area contributed by atoms with Crippen molar-refractivity contribution in [3.63, 3.8) is 0 Å². The minimum Gasteiger partial charge on any atom is -0.373 e. The van der Waals surface area contributed by atoms with E-state index in [0.717, 1.165) is 36.8 Å². The fourth-order valence-corrected chi connectivity index (χ4v) is 1.70. The Morgan fingerprint density at radius 2 is 2.24 bits per heavy atom. The number of rotatable bonds is 7. The summed E-state index contributed by atoms with van der Waals surface area (Å²) in [5.41, 5.74) is 2.09. The molecule has 1 heterocycles. The highest BCUT2D eigenvalue weighted by Crippen LogP contribution is 2.19. The van der Waals surface area contributed by atoms with Gasteiger partial charge in [-0.3, -0.25) is 0 Å². The van der Waals surface area contributed by atoms with Crippen molar-refractivity contribution in [2.45, 2.75) is 52.3 Å². The molecular weight excluding hydrogens is 214 g/mol. The molecule has 0 saturated heterocycles. The summed E-state index contributed by atoms with van der Waals surface area (Å²) < 4.78 is 5.47. The molecule has 2 rings (SSSR count). The Hall–Kier alpha value is -1.00. The second-order valence-electron chi connectivity index (χ2n) is 4.62. The molecule has 4 heteroatoms. The molecule has 0 spiro atoms. The van der Waals surface area contributed by atoms with Gasteiger partial charge < -0.3 is 10.1 Å². The Balaban J connectivity index is 1.90. The molecule has 0 bridgehead atoms. The third-order valence-electron chi connectivity index (χ3n) is 2.68. The molecular formula is C13H21N3O. The van der Waals surface area contributed by atoms with Crippen LogP contribution >= 0.6 is 0 Å². The van der Waals surface area contributed by atoms with Crippen LogP contribution in [-0.2, 0) is 17.9 Å². The van der Waals surface area contributed by atoms with Crippen molar-refractivity contribution < 1.29 is 4.74 Å². The predicted octanol–water partition coefficient (Wildman–Crippen LogP) is 1.96. The van der Waals surface area contributed by atoms with E-state index in [4.69, 9.17) is 4.74 Å². The summed E-state index contributed by atoms with van der Waals surface area (Å²) in [7, 11) is 0.